The largest absolute Gasteiger partial charge is 0.395 e. The van der Waals surface area contributed by atoms with Crippen molar-refractivity contribution < 1.29 is 9.90 Å². The molecule has 0 unspecified atom stereocenters. The van der Waals surface area contributed by atoms with E-state index in [2.05, 4.69) is 22.0 Å². The Hall–Kier alpha value is -1.79. The minimum absolute atomic E-state index is 0.0550. The van der Waals surface area contributed by atoms with Gasteiger partial charge in [0.2, 0.25) is 0 Å². The molecular formula is C16H26N4O2. The molecule has 1 aliphatic rings. The molecule has 6 heteroatoms. The number of carbonyl (C=O) groups is 1. The van der Waals surface area contributed by atoms with Crippen LogP contribution in [0, 0.1) is 0 Å². The molecule has 1 aromatic rings. The van der Waals surface area contributed by atoms with Gasteiger partial charge < -0.3 is 20.2 Å². The summed E-state index contributed by atoms with van der Waals surface area (Å²) in [7, 11) is 2.01. The fourth-order valence-corrected chi connectivity index (χ4v) is 2.59. The molecular weight excluding hydrogens is 280 g/mol. The first-order valence-electron chi connectivity index (χ1n) is 7.85. The molecule has 22 heavy (non-hydrogen) atoms. The van der Waals surface area contributed by atoms with Crippen molar-refractivity contribution in [3.63, 3.8) is 0 Å². The van der Waals surface area contributed by atoms with Crippen LogP contribution in [-0.4, -0.2) is 73.9 Å². The number of rotatable bonds is 5. The normalized spacial score (nSPS) is 15.7. The van der Waals surface area contributed by atoms with Crippen LogP contribution in [0.4, 0.5) is 16.2 Å². The highest BCUT2D eigenvalue weighted by Gasteiger charge is 2.21. The number of amides is 2. The molecule has 2 N–H and O–H groups in total. The Bertz CT molecular complexity index is 487. The Morgan fingerprint density at radius 1 is 1.27 bits per heavy atom. The van der Waals surface area contributed by atoms with Gasteiger partial charge in [0.05, 0.1) is 18.0 Å². The van der Waals surface area contributed by atoms with Gasteiger partial charge in [0.25, 0.3) is 0 Å². The lowest BCUT2D eigenvalue weighted by Gasteiger charge is -2.34. The van der Waals surface area contributed by atoms with E-state index in [-0.39, 0.29) is 12.6 Å². The van der Waals surface area contributed by atoms with Crippen molar-refractivity contribution in [1.82, 2.24) is 9.80 Å². The van der Waals surface area contributed by atoms with E-state index in [0.29, 0.717) is 19.6 Å². The molecule has 1 saturated heterocycles. The molecule has 1 aliphatic heterocycles. The van der Waals surface area contributed by atoms with E-state index in [9.17, 15) is 4.79 Å². The van der Waals surface area contributed by atoms with Crippen LogP contribution in [0.25, 0.3) is 0 Å². The lowest BCUT2D eigenvalue weighted by atomic mass is 10.2. The molecule has 1 fully saturated rings. The lowest BCUT2D eigenvalue weighted by Crippen LogP contribution is -2.50. The number of aliphatic hydroxyl groups excluding tert-OH is 1. The Morgan fingerprint density at radius 3 is 2.59 bits per heavy atom. The molecule has 0 aliphatic carbocycles. The van der Waals surface area contributed by atoms with E-state index >= 15 is 0 Å². The number of anilines is 2. The Labute approximate surface area is 132 Å². The van der Waals surface area contributed by atoms with E-state index in [1.807, 2.05) is 36.2 Å². The highest BCUT2D eigenvalue weighted by Crippen LogP contribution is 2.24. The number of para-hydroxylation sites is 2. The third-order valence-electron chi connectivity index (χ3n) is 4.11. The summed E-state index contributed by atoms with van der Waals surface area (Å²) < 4.78 is 0. The average molecular weight is 306 g/mol. The second kappa shape index (κ2) is 8.00. The van der Waals surface area contributed by atoms with Crippen LogP contribution in [0.2, 0.25) is 0 Å². The second-order valence-corrected chi connectivity index (χ2v) is 5.51. The Morgan fingerprint density at radius 2 is 1.95 bits per heavy atom. The Balaban J connectivity index is 1.96. The van der Waals surface area contributed by atoms with E-state index in [0.717, 1.165) is 31.0 Å². The molecule has 6 nitrogen and oxygen atoms in total. The van der Waals surface area contributed by atoms with Crippen molar-refractivity contribution in [2.75, 3.05) is 63.1 Å². The summed E-state index contributed by atoms with van der Waals surface area (Å²) in [6, 6.07) is 7.80. The Kier molecular flexibility index (Phi) is 6.03. The predicted octanol–water partition coefficient (Wildman–Crippen LogP) is 1.28. The van der Waals surface area contributed by atoms with Crippen LogP contribution in [0.3, 0.4) is 0 Å². The molecule has 0 saturated carbocycles. The minimum atomic E-state index is -0.0550. The predicted molar refractivity (Wildman–Crippen MR) is 89.5 cm³/mol. The van der Waals surface area contributed by atoms with Gasteiger partial charge in [0.15, 0.2) is 0 Å². The molecule has 1 heterocycles. The van der Waals surface area contributed by atoms with Gasteiger partial charge in [-0.1, -0.05) is 12.1 Å². The van der Waals surface area contributed by atoms with E-state index in [4.69, 9.17) is 5.11 Å². The van der Waals surface area contributed by atoms with Crippen LogP contribution in [-0.2, 0) is 0 Å². The van der Waals surface area contributed by atoms with Crippen LogP contribution in [0.15, 0.2) is 24.3 Å². The molecule has 122 valence electrons. The van der Waals surface area contributed by atoms with E-state index < -0.39 is 0 Å². The summed E-state index contributed by atoms with van der Waals surface area (Å²) in [4.78, 5) is 18.5. The van der Waals surface area contributed by atoms with Crippen molar-refractivity contribution in [3.05, 3.63) is 24.3 Å². The number of carbonyl (C=O) groups excluding carboxylic acids is 1. The number of β-amino-alcohol motifs (C(OH)–C–C–N with tert-alkyl or cyclic N) is 1. The highest BCUT2D eigenvalue weighted by atomic mass is 16.3. The highest BCUT2D eigenvalue weighted by molar-refractivity contribution is 5.93. The number of benzene rings is 1. The summed E-state index contributed by atoms with van der Waals surface area (Å²) in [6.45, 7) is 6.82. The summed E-state index contributed by atoms with van der Waals surface area (Å²) in [5.41, 5.74) is 1.87. The summed E-state index contributed by atoms with van der Waals surface area (Å²) in [6.07, 6.45) is 0. The third-order valence-corrected chi connectivity index (χ3v) is 4.11. The number of aliphatic hydroxyl groups is 1. The van der Waals surface area contributed by atoms with Gasteiger partial charge >= 0.3 is 6.03 Å². The van der Waals surface area contributed by atoms with Crippen molar-refractivity contribution in [2.45, 2.75) is 6.92 Å². The van der Waals surface area contributed by atoms with Crippen LogP contribution in [0.1, 0.15) is 6.92 Å². The zero-order valence-corrected chi connectivity index (χ0v) is 13.5. The number of hydrogen-bond acceptors (Lipinski definition) is 4. The van der Waals surface area contributed by atoms with Crippen LogP contribution < -0.4 is 10.2 Å². The van der Waals surface area contributed by atoms with Gasteiger partial charge in [-0.05, 0) is 19.1 Å². The molecule has 1 aromatic carbocycles. The van der Waals surface area contributed by atoms with Crippen molar-refractivity contribution in [3.8, 4) is 0 Å². The fraction of sp³-hybridized carbons (Fsp3) is 0.562. The first kappa shape index (κ1) is 16.6. The number of urea groups is 1. The standard InChI is InChI=1S/C16H26N4O2/c1-3-18(2)15-7-5-4-6-14(15)17-16(22)20-10-8-19(9-11-20)12-13-21/h4-7,21H,3,8-13H2,1-2H3,(H,17,22). The number of nitrogens with one attached hydrogen (secondary N) is 1. The van der Waals surface area contributed by atoms with Crippen molar-refractivity contribution >= 4 is 17.4 Å². The molecule has 2 amide bonds. The molecule has 0 bridgehead atoms. The van der Waals surface area contributed by atoms with Gasteiger partial charge in [-0.25, -0.2) is 4.79 Å². The average Bonchev–Trinajstić information content (AvgIpc) is 2.55. The molecule has 0 spiro atoms. The van der Waals surface area contributed by atoms with Gasteiger partial charge in [-0.3, -0.25) is 4.90 Å². The summed E-state index contributed by atoms with van der Waals surface area (Å²) in [5.74, 6) is 0. The van der Waals surface area contributed by atoms with E-state index in [1.54, 1.807) is 0 Å². The first-order valence-corrected chi connectivity index (χ1v) is 7.85. The van der Waals surface area contributed by atoms with Gasteiger partial charge in [0.1, 0.15) is 0 Å². The maximum absolute atomic E-state index is 12.4. The number of nitrogens with zero attached hydrogens (tertiary/aromatic N) is 3. The zero-order chi connectivity index (χ0) is 15.9. The smallest absolute Gasteiger partial charge is 0.321 e. The fourth-order valence-electron chi connectivity index (χ4n) is 2.59. The number of hydrogen-bond donors (Lipinski definition) is 2. The van der Waals surface area contributed by atoms with Crippen molar-refractivity contribution in [2.24, 2.45) is 0 Å². The number of piperazine rings is 1. The topological polar surface area (TPSA) is 59.1 Å². The second-order valence-electron chi connectivity index (χ2n) is 5.51. The molecule has 0 aromatic heterocycles. The van der Waals surface area contributed by atoms with Gasteiger partial charge in [-0.15, -0.1) is 0 Å². The molecule has 0 radical (unpaired) electrons. The monoisotopic (exact) mass is 306 g/mol. The third kappa shape index (κ3) is 4.11. The van der Waals surface area contributed by atoms with Gasteiger partial charge in [-0.2, -0.15) is 0 Å². The maximum atomic E-state index is 12.4. The van der Waals surface area contributed by atoms with E-state index in [1.165, 1.54) is 0 Å². The van der Waals surface area contributed by atoms with Gasteiger partial charge in [0, 0.05) is 46.3 Å². The van der Waals surface area contributed by atoms with Crippen LogP contribution >= 0.6 is 0 Å². The quantitative estimate of drug-likeness (QED) is 0.860. The molecule has 2 rings (SSSR count). The first-order chi connectivity index (χ1) is 10.7. The zero-order valence-electron chi connectivity index (χ0n) is 13.5. The maximum Gasteiger partial charge on any atom is 0.321 e. The molecule has 0 atom stereocenters. The van der Waals surface area contributed by atoms with Crippen molar-refractivity contribution in [1.29, 1.82) is 0 Å². The minimum Gasteiger partial charge on any atom is -0.395 e. The summed E-state index contributed by atoms with van der Waals surface area (Å²) >= 11 is 0. The lowest BCUT2D eigenvalue weighted by molar-refractivity contribution is 0.127. The SMILES string of the molecule is CCN(C)c1ccccc1NC(=O)N1CCN(CCO)CC1. The van der Waals surface area contributed by atoms with Crippen LogP contribution in [0.5, 0.6) is 0 Å². The summed E-state index contributed by atoms with van der Waals surface area (Å²) in [5, 5.41) is 12.0.